The summed E-state index contributed by atoms with van der Waals surface area (Å²) >= 11 is 0. The third-order valence-corrected chi connectivity index (χ3v) is 2.48. The Kier molecular flexibility index (Phi) is 2.97. The second-order valence-electron chi connectivity index (χ2n) is 3.62. The van der Waals surface area contributed by atoms with Gasteiger partial charge >= 0.3 is 5.97 Å². The third-order valence-electron chi connectivity index (χ3n) is 2.48. The van der Waals surface area contributed by atoms with Gasteiger partial charge in [-0.1, -0.05) is 0 Å². The van der Waals surface area contributed by atoms with Crippen molar-refractivity contribution in [3.8, 4) is 0 Å². The smallest absolute Gasteiger partial charge is 0.358 e. The van der Waals surface area contributed by atoms with Gasteiger partial charge in [0.2, 0.25) is 0 Å². The van der Waals surface area contributed by atoms with Crippen molar-refractivity contribution in [2.24, 2.45) is 5.73 Å². The van der Waals surface area contributed by atoms with E-state index in [1.54, 1.807) is 22.7 Å². The molecular formula is C11H14N4O2. The van der Waals surface area contributed by atoms with E-state index in [9.17, 15) is 4.79 Å². The topological polar surface area (TPSA) is 95.6 Å². The molecule has 0 aliphatic rings. The maximum absolute atomic E-state index is 11.6. The van der Waals surface area contributed by atoms with Crippen LogP contribution in [0.4, 0.5) is 5.69 Å². The van der Waals surface area contributed by atoms with Crippen molar-refractivity contribution in [1.29, 1.82) is 0 Å². The highest BCUT2D eigenvalue weighted by Crippen LogP contribution is 2.16. The Balaban J connectivity index is 2.66. The zero-order chi connectivity index (χ0) is 12.4. The fourth-order valence-electron chi connectivity index (χ4n) is 1.72. The summed E-state index contributed by atoms with van der Waals surface area (Å²) in [6.45, 7) is 0.453. The first-order chi connectivity index (χ1) is 8.17. The van der Waals surface area contributed by atoms with Crippen molar-refractivity contribution >= 4 is 17.2 Å². The van der Waals surface area contributed by atoms with Crippen LogP contribution in [-0.2, 0) is 11.2 Å². The van der Waals surface area contributed by atoms with Crippen LogP contribution < -0.4 is 11.5 Å². The molecule has 0 aromatic carbocycles. The van der Waals surface area contributed by atoms with E-state index in [4.69, 9.17) is 11.5 Å². The standard InChI is InChI=1S/C11H14N4O2/c1-17-11(16)10-8-3-2-7(13)6-15(8)9(14-10)4-5-12/h2-3,6H,4-5,12-13H2,1H3. The molecule has 4 N–H and O–H groups in total. The first-order valence-electron chi connectivity index (χ1n) is 5.22. The molecule has 90 valence electrons. The van der Waals surface area contributed by atoms with Gasteiger partial charge in [-0.3, -0.25) is 0 Å². The van der Waals surface area contributed by atoms with Gasteiger partial charge in [0.25, 0.3) is 0 Å². The summed E-state index contributed by atoms with van der Waals surface area (Å²) in [6, 6.07) is 3.46. The van der Waals surface area contributed by atoms with Crippen LogP contribution in [0.1, 0.15) is 16.3 Å². The number of ether oxygens (including phenoxy) is 1. The summed E-state index contributed by atoms with van der Waals surface area (Å²) in [7, 11) is 1.33. The molecule has 0 saturated heterocycles. The van der Waals surface area contributed by atoms with E-state index in [0.717, 1.165) is 0 Å². The first kappa shape index (κ1) is 11.4. The Bertz CT molecular complexity index is 562. The van der Waals surface area contributed by atoms with E-state index < -0.39 is 5.97 Å². The van der Waals surface area contributed by atoms with Gasteiger partial charge in [-0.2, -0.15) is 0 Å². The number of rotatable bonds is 3. The summed E-state index contributed by atoms with van der Waals surface area (Å²) in [4.78, 5) is 15.8. The van der Waals surface area contributed by atoms with Gasteiger partial charge in [-0.15, -0.1) is 0 Å². The maximum atomic E-state index is 11.6. The SMILES string of the molecule is COC(=O)c1nc(CCN)n2cc(N)ccc12. The zero-order valence-corrected chi connectivity index (χ0v) is 9.51. The number of carbonyl (C=O) groups is 1. The Labute approximate surface area is 98.2 Å². The molecule has 2 aromatic heterocycles. The molecule has 0 aliphatic carbocycles. The molecule has 2 aromatic rings. The van der Waals surface area contributed by atoms with Gasteiger partial charge in [-0.25, -0.2) is 9.78 Å². The summed E-state index contributed by atoms with van der Waals surface area (Å²) in [6.07, 6.45) is 2.29. The number of fused-ring (bicyclic) bond motifs is 1. The van der Waals surface area contributed by atoms with E-state index in [1.807, 2.05) is 0 Å². The molecule has 2 rings (SSSR count). The fourth-order valence-corrected chi connectivity index (χ4v) is 1.72. The van der Waals surface area contributed by atoms with E-state index in [0.29, 0.717) is 30.0 Å². The lowest BCUT2D eigenvalue weighted by atomic mass is 10.3. The Hall–Kier alpha value is -2.08. The molecule has 0 fully saturated rings. The molecule has 0 radical (unpaired) electrons. The predicted octanol–water partition coefficient (Wildman–Crippen LogP) is 0.204. The van der Waals surface area contributed by atoms with Crippen LogP contribution in [0.2, 0.25) is 0 Å². The number of nitrogen functional groups attached to an aromatic ring is 1. The van der Waals surface area contributed by atoms with Crippen molar-refractivity contribution in [3.63, 3.8) is 0 Å². The van der Waals surface area contributed by atoms with Gasteiger partial charge in [0.1, 0.15) is 5.82 Å². The van der Waals surface area contributed by atoms with Crippen molar-refractivity contribution in [3.05, 3.63) is 29.8 Å². The number of anilines is 1. The summed E-state index contributed by atoms with van der Waals surface area (Å²) < 4.78 is 6.46. The number of methoxy groups -OCH3 is 1. The number of pyridine rings is 1. The van der Waals surface area contributed by atoms with Crippen LogP contribution in [0.25, 0.3) is 5.52 Å². The lowest BCUT2D eigenvalue weighted by molar-refractivity contribution is 0.0597. The van der Waals surface area contributed by atoms with Crippen LogP contribution in [-0.4, -0.2) is 29.0 Å². The fraction of sp³-hybridized carbons (Fsp3) is 0.273. The van der Waals surface area contributed by atoms with E-state index in [-0.39, 0.29) is 5.69 Å². The molecule has 0 bridgehead atoms. The molecule has 2 heterocycles. The number of hydrogen-bond donors (Lipinski definition) is 2. The average Bonchev–Trinajstić information content (AvgIpc) is 2.67. The third kappa shape index (κ3) is 1.94. The van der Waals surface area contributed by atoms with Crippen molar-refractivity contribution < 1.29 is 9.53 Å². The number of aromatic nitrogens is 2. The van der Waals surface area contributed by atoms with Gasteiger partial charge in [-0.05, 0) is 18.7 Å². The summed E-state index contributed by atoms with van der Waals surface area (Å²) in [5.74, 6) is 0.241. The summed E-state index contributed by atoms with van der Waals surface area (Å²) in [5, 5.41) is 0. The number of nitrogens with zero attached hydrogens (tertiary/aromatic N) is 2. The van der Waals surface area contributed by atoms with Gasteiger partial charge < -0.3 is 20.6 Å². The van der Waals surface area contributed by atoms with Gasteiger partial charge in [0, 0.05) is 18.3 Å². The number of esters is 1. The van der Waals surface area contributed by atoms with Crippen molar-refractivity contribution in [2.75, 3.05) is 19.4 Å². The second kappa shape index (κ2) is 4.42. The minimum atomic E-state index is -0.462. The van der Waals surface area contributed by atoms with Crippen molar-refractivity contribution in [2.45, 2.75) is 6.42 Å². The number of hydrogen-bond acceptors (Lipinski definition) is 5. The predicted molar refractivity (Wildman–Crippen MR) is 63.7 cm³/mol. The first-order valence-corrected chi connectivity index (χ1v) is 5.22. The van der Waals surface area contributed by atoms with E-state index in [1.165, 1.54) is 7.11 Å². The molecule has 0 amide bonds. The van der Waals surface area contributed by atoms with Gasteiger partial charge in [0.05, 0.1) is 12.6 Å². The largest absolute Gasteiger partial charge is 0.464 e. The molecule has 17 heavy (non-hydrogen) atoms. The van der Waals surface area contributed by atoms with E-state index in [2.05, 4.69) is 9.72 Å². The Morgan fingerprint density at radius 1 is 1.53 bits per heavy atom. The monoisotopic (exact) mass is 234 g/mol. The molecule has 6 heteroatoms. The quantitative estimate of drug-likeness (QED) is 0.740. The van der Waals surface area contributed by atoms with Crippen LogP contribution in [0.3, 0.4) is 0 Å². The molecule has 0 unspecified atom stereocenters. The normalized spacial score (nSPS) is 10.7. The minimum absolute atomic E-state index is 0.288. The maximum Gasteiger partial charge on any atom is 0.358 e. The molecule has 0 atom stereocenters. The Morgan fingerprint density at radius 2 is 2.29 bits per heavy atom. The Morgan fingerprint density at radius 3 is 2.94 bits per heavy atom. The van der Waals surface area contributed by atoms with E-state index >= 15 is 0 Å². The lowest BCUT2D eigenvalue weighted by Crippen LogP contribution is -2.06. The summed E-state index contributed by atoms with van der Waals surface area (Å²) in [5.41, 5.74) is 12.8. The highest BCUT2D eigenvalue weighted by molar-refractivity contribution is 5.95. The zero-order valence-electron chi connectivity index (χ0n) is 9.51. The minimum Gasteiger partial charge on any atom is -0.464 e. The highest BCUT2D eigenvalue weighted by atomic mass is 16.5. The number of carbonyl (C=O) groups excluding carboxylic acids is 1. The number of nitrogens with two attached hydrogens (primary N) is 2. The van der Waals surface area contributed by atoms with Crippen LogP contribution in [0, 0.1) is 0 Å². The lowest BCUT2D eigenvalue weighted by Gasteiger charge is -2.00. The molecule has 0 saturated carbocycles. The van der Waals surface area contributed by atoms with Crippen LogP contribution in [0.5, 0.6) is 0 Å². The molecule has 0 spiro atoms. The molecular weight excluding hydrogens is 220 g/mol. The second-order valence-corrected chi connectivity index (χ2v) is 3.62. The van der Waals surface area contributed by atoms with Crippen LogP contribution in [0.15, 0.2) is 18.3 Å². The molecule has 0 aliphatic heterocycles. The van der Waals surface area contributed by atoms with Crippen molar-refractivity contribution in [1.82, 2.24) is 9.38 Å². The molecule has 6 nitrogen and oxygen atoms in total. The van der Waals surface area contributed by atoms with Gasteiger partial charge in [0.15, 0.2) is 5.69 Å². The van der Waals surface area contributed by atoms with Crippen LogP contribution >= 0.6 is 0 Å². The highest BCUT2D eigenvalue weighted by Gasteiger charge is 2.17. The average molecular weight is 234 g/mol. The number of imidazole rings is 1.